The summed E-state index contributed by atoms with van der Waals surface area (Å²) >= 11 is 0. The Hall–Kier alpha value is -2.36. The normalized spacial score (nSPS) is 22.2. The van der Waals surface area contributed by atoms with Crippen molar-refractivity contribution >= 4 is 5.91 Å². The molecule has 1 heterocycles. The van der Waals surface area contributed by atoms with Crippen molar-refractivity contribution in [2.45, 2.75) is 12.3 Å². The summed E-state index contributed by atoms with van der Waals surface area (Å²) in [7, 11) is 0. The lowest BCUT2D eigenvalue weighted by Gasteiger charge is -1.98. The molecule has 4 nitrogen and oxygen atoms in total. The van der Waals surface area contributed by atoms with E-state index in [0.717, 1.165) is 11.2 Å². The van der Waals surface area contributed by atoms with E-state index >= 15 is 0 Å². The van der Waals surface area contributed by atoms with Crippen LogP contribution < -0.4 is 5.49 Å². The number of rotatable bonds is 2. The molecule has 2 atom stereocenters. The highest BCUT2D eigenvalue weighted by atomic mass is 16.5. The first-order valence-corrected chi connectivity index (χ1v) is 6.26. The number of pyridine rings is 1. The van der Waals surface area contributed by atoms with E-state index in [1.807, 2.05) is 30.3 Å². The lowest BCUT2D eigenvalue weighted by Crippen LogP contribution is -2.19. The molecule has 1 fully saturated rings. The second-order valence-electron chi connectivity index (χ2n) is 4.71. The fourth-order valence-electron chi connectivity index (χ4n) is 2.25. The van der Waals surface area contributed by atoms with Gasteiger partial charge in [0.2, 0.25) is 0 Å². The number of hydrogen-bond acceptors (Lipinski definition) is 2. The number of carbonyl (C=O) groups excluding carboxylic acids is 1. The monoisotopic (exact) mass is 254 g/mol. The maximum atomic E-state index is 12.0. The lowest BCUT2D eigenvalue weighted by atomic mass is 10.1. The van der Waals surface area contributed by atoms with Crippen LogP contribution in [-0.4, -0.2) is 15.8 Å². The molecule has 1 aliphatic carbocycles. The number of amides is 1. The van der Waals surface area contributed by atoms with Crippen molar-refractivity contribution in [2.24, 2.45) is 10.9 Å². The van der Waals surface area contributed by atoms with Gasteiger partial charge in [-0.1, -0.05) is 36.4 Å². The Morgan fingerprint density at radius 3 is 2.63 bits per heavy atom. The summed E-state index contributed by atoms with van der Waals surface area (Å²) in [5.74, 6) is 0.0544. The van der Waals surface area contributed by atoms with Gasteiger partial charge in [-0.15, -0.1) is 0 Å². The number of aromatic nitrogens is 1. The van der Waals surface area contributed by atoms with Crippen LogP contribution in [-0.2, 0) is 4.79 Å². The van der Waals surface area contributed by atoms with E-state index in [-0.39, 0.29) is 23.2 Å². The van der Waals surface area contributed by atoms with Crippen LogP contribution in [0.2, 0.25) is 0 Å². The quantitative estimate of drug-likeness (QED) is 0.833. The molecular weight excluding hydrogens is 240 g/mol. The molecule has 1 aromatic carbocycles. The van der Waals surface area contributed by atoms with Gasteiger partial charge in [-0.2, -0.15) is 9.72 Å². The van der Waals surface area contributed by atoms with Gasteiger partial charge in [-0.25, -0.2) is 0 Å². The molecule has 96 valence electrons. The molecule has 2 unspecified atom stereocenters. The summed E-state index contributed by atoms with van der Waals surface area (Å²) in [6.45, 7) is 0. The standard InChI is InChI=1S/C15H14N2O2/c18-15(16-14-8-4-5-9-17(14)19)13-10-12(13)11-6-2-1-3-7-11/h1-9,12-13,19H,10H2. The predicted octanol–water partition coefficient (Wildman–Crippen LogP) is 1.96. The van der Waals surface area contributed by atoms with Crippen LogP contribution in [0.1, 0.15) is 17.9 Å². The highest BCUT2D eigenvalue weighted by molar-refractivity contribution is 5.83. The molecular formula is C15H14N2O2. The van der Waals surface area contributed by atoms with Crippen LogP contribution >= 0.6 is 0 Å². The van der Waals surface area contributed by atoms with Gasteiger partial charge < -0.3 is 5.21 Å². The SMILES string of the molecule is O=C(N=c1ccccn1O)C1CC1c1ccccc1. The topological polar surface area (TPSA) is 54.6 Å². The van der Waals surface area contributed by atoms with Gasteiger partial charge in [0.05, 0.1) is 0 Å². The van der Waals surface area contributed by atoms with Crippen LogP contribution in [0.15, 0.2) is 59.7 Å². The Morgan fingerprint density at radius 1 is 1.16 bits per heavy atom. The number of carbonyl (C=O) groups is 1. The highest BCUT2D eigenvalue weighted by Gasteiger charge is 2.43. The fraction of sp³-hybridized carbons (Fsp3) is 0.200. The second-order valence-corrected chi connectivity index (χ2v) is 4.71. The van der Waals surface area contributed by atoms with E-state index in [1.165, 1.54) is 11.8 Å². The summed E-state index contributed by atoms with van der Waals surface area (Å²) in [5.41, 5.74) is 1.45. The average molecular weight is 254 g/mol. The Balaban J connectivity index is 1.78. The highest BCUT2D eigenvalue weighted by Crippen LogP contribution is 2.47. The van der Waals surface area contributed by atoms with Crippen LogP contribution in [0, 0.1) is 5.92 Å². The van der Waals surface area contributed by atoms with E-state index in [1.54, 1.807) is 18.2 Å². The summed E-state index contributed by atoms with van der Waals surface area (Å²) < 4.78 is 0.859. The van der Waals surface area contributed by atoms with Crippen molar-refractivity contribution < 1.29 is 10.0 Å². The maximum absolute atomic E-state index is 12.0. The van der Waals surface area contributed by atoms with Gasteiger partial charge in [0, 0.05) is 12.1 Å². The molecule has 19 heavy (non-hydrogen) atoms. The summed E-state index contributed by atoms with van der Waals surface area (Å²) in [5, 5.41) is 9.52. The number of nitrogens with zero attached hydrogens (tertiary/aromatic N) is 2. The minimum atomic E-state index is -0.164. The van der Waals surface area contributed by atoms with Gasteiger partial charge in [-0.05, 0) is 30.0 Å². The van der Waals surface area contributed by atoms with Gasteiger partial charge in [0.15, 0.2) is 5.49 Å². The van der Waals surface area contributed by atoms with E-state index in [9.17, 15) is 10.0 Å². The molecule has 0 aliphatic heterocycles. The largest absolute Gasteiger partial charge is 0.427 e. The van der Waals surface area contributed by atoms with Crippen LogP contribution in [0.25, 0.3) is 0 Å². The zero-order chi connectivity index (χ0) is 13.2. The van der Waals surface area contributed by atoms with Crippen molar-refractivity contribution in [3.8, 4) is 0 Å². The second kappa shape index (κ2) is 4.72. The summed E-state index contributed by atoms with van der Waals surface area (Å²) in [6, 6.07) is 15.0. The average Bonchev–Trinajstić information content (AvgIpc) is 3.23. The minimum absolute atomic E-state index is 0.0531. The number of hydrogen-bond donors (Lipinski definition) is 1. The first-order valence-electron chi connectivity index (χ1n) is 6.26. The van der Waals surface area contributed by atoms with Crippen LogP contribution in [0.5, 0.6) is 0 Å². The molecule has 2 aromatic rings. The molecule has 0 spiro atoms. The molecule has 0 radical (unpaired) electrons. The summed E-state index contributed by atoms with van der Waals surface area (Å²) in [6.07, 6.45) is 2.29. The van der Waals surface area contributed by atoms with Gasteiger partial charge in [0.1, 0.15) is 0 Å². The lowest BCUT2D eigenvalue weighted by molar-refractivity contribution is -0.119. The molecule has 3 rings (SSSR count). The van der Waals surface area contributed by atoms with Gasteiger partial charge in [-0.3, -0.25) is 4.79 Å². The molecule has 1 saturated carbocycles. The molecule has 0 saturated heterocycles. The Labute approximate surface area is 110 Å². The first-order chi connectivity index (χ1) is 9.25. The fourth-order valence-corrected chi connectivity index (χ4v) is 2.25. The van der Waals surface area contributed by atoms with Crippen molar-refractivity contribution in [2.75, 3.05) is 0 Å². The molecule has 1 aliphatic rings. The van der Waals surface area contributed by atoms with E-state index < -0.39 is 0 Å². The first kappa shape index (κ1) is 11.7. The van der Waals surface area contributed by atoms with Crippen molar-refractivity contribution in [3.05, 3.63) is 65.8 Å². The molecule has 1 N–H and O–H groups in total. The smallest absolute Gasteiger partial charge is 0.251 e. The maximum Gasteiger partial charge on any atom is 0.251 e. The third-order valence-corrected chi connectivity index (χ3v) is 3.38. The Bertz CT molecular complexity index is 661. The van der Waals surface area contributed by atoms with Gasteiger partial charge >= 0.3 is 0 Å². The number of benzene rings is 1. The van der Waals surface area contributed by atoms with E-state index in [2.05, 4.69) is 4.99 Å². The van der Waals surface area contributed by atoms with E-state index in [4.69, 9.17) is 0 Å². The predicted molar refractivity (Wildman–Crippen MR) is 69.5 cm³/mol. The Kier molecular flexibility index (Phi) is 2.91. The third kappa shape index (κ3) is 2.42. The molecule has 1 aromatic heterocycles. The van der Waals surface area contributed by atoms with Crippen molar-refractivity contribution in [1.29, 1.82) is 0 Å². The Morgan fingerprint density at radius 2 is 1.89 bits per heavy atom. The summed E-state index contributed by atoms with van der Waals surface area (Å²) in [4.78, 5) is 16.0. The van der Waals surface area contributed by atoms with Crippen molar-refractivity contribution in [3.63, 3.8) is 0 Å². The molecule has 1 amide bonds. The zero-order valence-electron chi connectivity index (χ0n) is 10.3. The van der Waals surface area contributed by atoms with Crippen LogP contribution in [0.3, 0.4) is 0 Å². The minimum Gasteiger partial charge on any atom is -0.427 e. The molecule has 4 heteroatoms. The third-order valence-electron chi connectivity index (χ3n) is 3.38. The molecule has 0 bridgehead atoms. The van der Waals surface area contributed by atoms with Gasteiger partial charge in [0.25, 0.3) is 5.91 Å². The van der Waals surface area contributed by atoms with Crippen LogP contribution in [0.4, 0.5) is 0 Å². The van der Waals surface area contributed by atoms with Crippen molar-refractivity contribution in [1.82, 2.24) is 4.73 Å². The van der Waals surface area contributed by atoms with E-state index in [0.29, 0.717) is 0 Å². The zero-order valence-corrected chi connectivity index (χ0v) is 10.3.